The van der Waals surface area contributed by atoms with E-state index in [1.165, 1.54) is 12.0 Å². The van der Waals surface area contributed by atoms with Crippen molar-refractivity contribution in [3.05, 3.63) is 23.4 Å². The highest BCUT2D eigenvalue weighted by atomic mass is 16.5. The minimum absolute atomic E-state index is 0.687. The van der Waals surface area contributed by atoms with Crippen LogP contribution in [0.1, 0.15) is 17.7 Å². The molecule has 0 spiro atoms. The van der Waals surface area contributed by atoms with E-state index in [1.54, 1.807) is 7.11 Å². The van der Waals surface area contributed by atoms with Crippen LogP contribution < -0.4 is 4.90 Å². The summed E-state index contributed by atoms with van der Waals surface area (Å²) in [4.78, 5) is 9.72. The Hall–Kier alpha value is -1.17. The zero-order valence-electron chi connectivity index (χ0n) is 13.8. The number of aromatic nitrogens is 1. The van der Waals surface area contributed by atoms with Gasteiger partial charge in [0.05, 0.1) is 13.2 Å². The van der Waals surface area contributed by atoms with Gasteiger partial charge in [-0.15, -0.1) is 0 Å². The molecule has 2 aliphatic rings. The Balaban J connectivity index is 1.74. The molecule has 1 saturated heterocycles. The molecule has 1 fully saturated rings. The van der Waals surface area contributed by atoms with E-state index in [2.05, 4.69) is 28.9 Å². The molecule has 22 heavy (non-hydrogen) atoms. The molecule has 3 rings (SSSR count). The minimum Gasteiger partial charge on any atom is -0.383 e. The van der Waals surface area contributed by atoms with Gasteiger partial charge in [0.2, 0.25) is 0 Å². The van der Waals surface area contributed by atoms with Crippen molar-refractivity contribution in [3.8, 4) is 0 Å². The van der Waals surface area contributed by atoms with Crippen LogP contribution in [0.25, 0.3) is 0 Å². The van der Waals surface area contributed by atoms with Gasteiger partial charge in [0.1, 0.15) is 5.82 Å². The smallest absolute Gasteiger partial charge is 0.133 e. The molecule has 0 bridgehead atoms. The van der Waals surface area contributed by atoms with Crippen molar-refractivity contribution < 1.29 is 9.47 Å². The molecule has 0 radical (unpaired) electrons. The molecule has 122 valence electrons. The monoisotopic (exact) mass is 305 g/mol. The lowest BCUT2D eigenvalue weighted by molar-refractivity contribution is 0.166. The molecule has 0 amide bonds. The average Bonchev–Trinajstić information content (AvgIpc) is 2.96. The van der Waals surface area contributed by atoms with Crippen LogP contribution in [-0.4, -0.2) is 63.0 Å². The lowest BCUT2D eigenvalue weighted by Crippen LogP contribution is -2.36. The molecule has 1 aromatic rings. The van der Waals surface area contributed by atoms with Gasteiger partial charge in [0.15, 0.2) is 0 Å². The summed E-state index contributed by atoms with van der Waals surface area (Å²) in [7, 11) is 1.76. The normalized spacial score (nSPS) is 22.6. The van der Waals surface area contributed by atoms with E-state index in [-0.39, 0.29) is 0 Å². The first kappa shape index (κ1) is 15.7. The van der Waals surface area contributed by atoms with Gasteiger partial charge in [-0.25, -0.2) is 4.98 Å². The lowest BCUT2D eigenvalue weighted by atomic mass is 10.1. The summed E-state index contributed by atoms with van der Waals surface area (Å²) in [6.07, 6.45) is 1.20. The largest absolute Gasteiger partial charge is 0.383 e. The number of fused-ring (bicyclic) bond motifs is 1. The number of rotatable bonds is 5. The van der Waals surface area contributed by atoms with Crippen LogP contribution >= 0.6 is 0 Å². The zero-order valence-corrected chi connectivity index (χ0v) is 13.8. The van der Waals surface area contributed by atoms with Crippen LogP contribution in [0.3, 0.4) is 0 Å². The number of methoxy groups -OCH3 is 1. The number of aryl methyl sites for hydroxylation is 1. The van der Waals surface area contributed by atoms with Crippen molar-refractivity contribution in [1.29, 1.82) is 0 Å². The molecule has 2 aliphatic heterocycles. The van der Waals surface area contributed by atoms with E-state index in [0.717, 1.165) is 64.1 Å². The Labute approximate surface area is 133 Å². The third-order valence-electron chi connectivity index (χ3n) is 4.58. The second kappa shape index (κ2) is 7.40. The number of ether oxygens (including phenoxy) is 2. The van der Waals surface area contributed by atoms with Crippen LogP contribution in [0.15, 0.2) is 12.1 Å². The van der Waals surface area contributed by atoms with Gasteiger partial charge in [-0.2, -0.15) is 0 Å². The SMILES string of the molecule is COCCN1CCN(C[C@H]2CCOC2)Cc2ccc(C)nc21. The zero-order chi connectivity index (χ0) is 15.4. The first-order chi connectivity index (χ1) is 10.8. The van der Waals surface area contributed by atoms with Gasteiger partial charge < -0.3 is 14.4 Å². The van der Waals surface area contributed by atoms with Crippen molar-refractivity contribution >= 4 is 5.82 Å². The van der Waals surface area contributed by atoms with Crippen molar-refractivity contribution in [3.63, 3.8) is 0 Å². The topological polar surface area (TPSA) is 37.8 Å². The number of nitrogens with zero attached hydrogens (tertiary/aromatic N) is 3. The molecular weight excluding hydrogens is 278 g/mol. The lowest BCUT2D eigenvalue weighted by Gasteiger charge is -2.24. The Kier molecular flexibility index (Phi) is 5.28. The molecule has 0 aliphatic carbocycles. The molecule has 0 unspecified atom stereocenters. The van der Waals surface area contributed by atoms with E-state index >= 15 is 0 Å². The number of hydrogen-bond donors (Lipinski definition) is 0. The molecule has 0 saturated carbocycles. The van der Waals surface area contributed by atoms with E-state index in [4.69, 9.17) is 14.5 Å². The Morgan fingerprint density at radius 2 is 2.27 bits per heavy atom. The molecule has 0 N–H and O–H groups in total. The Bertz CT molecular complexity index is 489. The summed E-state index contributed by atoms with van der Waals surface area (Å²) >= 11 is 0. The summed E-state index contributed by atoms with van der Waals surface area (Å²) in [6.45, 7) is 9.77. The van der Waals surface area contributed by atoms with E-state index in [9.17, 15) is 0 Å². The number of anilines is 1. The third kappa shape index (κ3) is 3.77. The first-order valence-corrected chi connectivity index (χ1v) is 8.27. The fourth-order valence-electron chi connectivity index (χ4n) is 3.32. The predicted octanol–water partition coefficient (Wildman–Crippen LogP) is 1.69. The van der Waals surface area contributed by atoms with Gasteiger partial charge in [0, 0.05) is 57.7 Å². The second-order valence-corrected chi connectivity index (χ2v) is 6.38. The van der Waals surface area contributed by atoms with Gasteiger partial charge in [-0.1, -0.05) is 6.07 Å². The van der Waals surface area contributed by atoms with Gasteiger partial charge in [-0.3, -0.25) is 4.90 Å². The summed E-state index contributed by atoms with van der Waals surface area (Å²) in [5.74, 6) is 1.83. The van der Waals surface area contributed by atoms with Crippen LogP contribution in [-0.2, 0) is 16.0 Å². The standard InChI is InChI=1S/C17H27N3O2/c1-14-3-4-16-12-19(11-15-5-9-22-13-15)6-7-20(8-10-21-2)17(16)18-14/h3-4,15H,5-13H2,1-2H3/t15-/m1/s1. The van der Waals surface area contributed by atoms with Crippen LogP contribution in [0.4, 0.5) is 5.82 Å². The summed E-state index contributed by atoms with van der Waals surface area (Å²) in [5, 5.41) is 0. The van der Waals surface area contributed by atoms with Gasteiger partial charge in [0.25, 0.3) is 0 Å². The molecule has 5 nitrogen and oxygen atoms in total. The quantitative estimate of drug-likeness (QED) is 0.828. The van der Waals surface area contributed by atoms with E-state index in [0.29, 0.717) is 5.92 Å². The molecular formula is C17H27N3O2. The Morgan fingerprint density at radius 3 is 3.05 bits per heavy atom. The predicted molar refractivity (Wildman–Crippen MR) is 87.3 cm³/mol. The van der Waals surface area contributed by atoms with E-state index in [1.807, 2.05) is 0 Å². The molecule has 1 atom stereocenters. The maximum Gasteiger partial charge on any atom is 0.133 e. The average molecular weight is 305 g/mol. The summed E-state index contributed by atoms with van der Waals surface area (Å²) in [5.41, 5.74) is 2.41. The van der Waals surface area contributed by atoms with Crippen molar-refractivity contribution in [1.82, 2.24) is 9.88 Å². The van der Waals surface area contributed by atoms with E-state index < -0.39 is 0 Å². The Morgan fingerprint density at radius 1 is 1.36 bits per heavy atom. The first-order valence-electron chi connectivity index (χ1n) is 8.27. The van der Waals surface area contributed by atoms with Gasteiger partial charge >= 0.3 is 0 Å². The maximum atomic E-state index is 5.52. The highest BCUT2D eigenvalue weighted by Crippen LogP contribution is 2.25. The molecule has 1 aromatic heterocycles. The van der Waals surface area contributed by atoms with Crippen LogP contribution in [0, 0.1) is 12.8 Å². The molecule has 0 aromatic carbocycles. The highest BCUT2D eigenvalue weighted by molar-refractivity contribution is 5.48. The second-order valence-electron chi connectivity index (χ2n) is 6.38. The number of hydrogen-bond acceptors (Lipinski definition) is 5. The van der Waals surface area contributed by atoms with Gasteiger partial charge in [-0.05, 0) is 25.3 Å². The highest BCUT2D eigenvalue weighted by Gasteiger charge is 2.24. The van der Waals surface area contributed by atoms with Crippen molar-refractivity contribution in [2.45, 2.75) is 19.9 Å². The molecule has 5 heteroatoms. The van der Waals surface area contributed by atoms with Crippen molar-refractivity contribution in [2.24, 2.45) is 5.92 Å². The minimum atomic E-state index is 0.687. The summed E-state index contributed by atoms with van der Waals surface area (Å²) < 4.78 is 10.8. The van der Waals surface area contributed by atoms with Crippen LogP contribution in [0.5, 0.6) is 0 Å². The molecule has 3 heterocycles. The third-order valence-corrected chi connectivity index (χ3v) is 4.58. The maximum absolute atomic E-state index is 5.52. The number of pyridine rings is 1. The fraction of sp³-hybridized carbons (Fsp3) is 0.706. The fourth-order valence-corrected chi connectivity index (χ4v) is 3.32. The van der Waals surface area contributed by atoms with Crippen LogP contribution in [0.2, 0.25) is 0 Å². The summed E-state index contributed by atoms with van der Waals surface area (Å²) in [6, 6.07) is 4.36. The van der Waals surface area contributed by atoms with Crippen molar-refractivity contribution in [2.75, 3.05) is 58.0 Å².